The summed E-state index contributed by atoms with van der Waals surface area (Å²) in [6, 6.07) is 1.51. The molecule has 1 aromatic heterocycles. The number of nitrogens with zero attached hydrogens (tertiary/aromatic N) is 1. The summed E-state index contributed by atoms with van der Waals surface area (Å²) < 4.78 is 139. The molecular weight excluding hydrogens is 373 g/mol. The first-order chi connectivity index (χ1) is 10.1. The van der Waals surface area contributed by atoms with E-state index in [2.05, 4.69) is 9.17 Å². The molecule has 0 unspecified atom stereocenters. The van der Waals surface area contributed by atoms with E-state index >= 15 is 0 Å². The van der Waals surface area contributed by atoms with Crippen LogP contribution in [0, 0.1) is 0 Å². The molecule has 0 aromatic carbocycles. The van der Waals surface area contributed by atoms with Gasteiger partial charge in [0.2, 0.25) is 0 Å². The van der Waals surface area contributed by atoms with Crippen LogP contribution in [0.15, 0.2) is 24.5 Å². The summed E-state index contributed by atoms with van der Waals surface area (Å²) in [6.45, 7) is 0. The molecule has 0 spiro atoms. The van der Waals surface area contributed by atoms with Crippen LogP contribution in [0.25, 0.3) is 0 Å². The van der Waals surface area contributed by atoms with Crippen LogP contribution in [0.3, 0.4) is 0 Å². The van der Waals surface area contributed by atoms with Crippen molar-refractivity contribution in [1.29, 1.82) is 0 Å². The maximum Gasteiger partial charge on any atom is 0.460 e. The average Bonchev–Trinajstić information content (AvgIpc) is 2.37. The second kappa shape index (κ2) is 5.42. The van der Waals surface area contributed by atoms with Crippen LogP contribution in [-0.4, -0.2) is 36.7 Å². The normalized spacial score (nSPS) is 14.7. The zero-order chi connectivity index (χ0) is 18.3. The second-order valence-corrected chi connectivity index (χ2v) is 5.48. The molecule has 14 heteroatoms. The Labute approximate surface area is 122 Å². The van der Waals surface area contributed by atoms with Crippen molar-refractivity contribution >= 4 is 10.1 Å². The van der Waals surface area contributed by atoms with Gasteiger partial charge < -0.3 is 4.18 Å². The van der Waals surface area contributed by atoms with Crippen molar-refractivity contribution in [3.63, 3.8) is 0 Å². The minimum atomic E-state index is -7.34. The maximum atomic E-state index is 13.2. The summed E-state index contributed by atoms with van der Waals surface area (Å²) in [5.41, 5.74) is 0. The van der Waals surface area contributed by atoms with Crippen LogP contribution in [0.4, 0.5) is 39.5 Å². The quantitative estimate of drug-likeness (QED) is 0.584. The highest BCUT2D eigenvalue weighted by atomic mass is 32.2. The van der Waals surface area contributed by atoms with Crippen molar-refractivity contribution < 1.29 is 52.1 Å². The zero-order valence-corrected chi connectivity index (χ0v) is 11.1. The van der Waals surface area contributed by atoms with E-state index in [-0.39, 0.29) is 0 Å². The molecule has 132 valence electrons. The molecule has 0 saturated carbocycles. The third-order valence-corrected chi connectivity index (χ3v) is 3.57. The van der Waals surface area contributed by atoms with Gasteiger partial charge in [-0.3, -0.25) is 4.98 Å². The largest absolute Gasteiger partial charge is 0.460 e. The van der Waals surface area contributed by atoms with Crippen molar-refractivity contribution in [2.75, 3.05) is 0 Å². The Balaban J connectivity index is 3.33. The Morgan fingerprint density at radius 3 is 1.83 bits per heavy atom. The van der Waals surface area contributed by atoms with Gasteiger partial charge in [-0.05, 0) is 12.1 Å². The van der Waals surface area contributed by atoms with Gasteiger partial charge in [-0.15, -0.1) is 0 Å². The van der Waals surface area contributed by atoms with E-state index in [9.17, 15) is 47.9 Å². The number of hydrogen-bond acceptors (Lipinski definition) is 4. The highest BCUT2D eigenvalue weighted by Gasteiger charge is 2.86. The molecule has 1 rings (SSSR count). The molecule has 23 heavy (non-hydrogen) atoms. The van der Waals surface area contributed by atoms with E-state index in [1.807, 2.05) is 0 Å². The lowest BCUT2D eigenvalue weighted by atomic mass is 10.1. The Morgan fingerprint density at radius 1 is 0.913 bits per heavy atom. The Morgan fingerprint density at radius 2 is 1.43 bits per heavy atom. The van der Waals surface area contributed by atoms with Crippen LogP contribution in [0.5, 0.6) is 5.75 Å². The number of pyridine rings is 1. The average molecular weight is 377 g/mol. The highest BCUT2D eigenvalue weighted by molar-refractivity contribution is 7.88. The lowest BCUT2D eigenvalue weighted by molar-refractivity contribution is -0.382. The van der Waals surface area contributed by atoms with Crippen molar-refractivity contribution in [3.8, 4) is 5.75 Å². The van der Waals surface area contributed by atoms with Gasteiger partial charge in [0.25, 0.3) is 0 Å². The summed E-state index contributed by atoms with van der Waals surface area (Å²) in [4.78, 5) is 3.15. The topological polar surface area (TPSA) is 56.3 Å². The van der Waals surface area contributed by atoms with E-state index in [1.165, 1.54) is 0 Å². The molecule has 0 fully saturated rings. The summed E-state index contributed by atoms with van der Waals surface area (Å²) in [7, 11) is -6.92. The second-order valence-electron chi connectivity index (χ2n) is 3.89. The van der Waals surface area contributed by atoms with Gasteiger partial charge in [0, 0.05) is 6.20 Å². The molecule has 1 aromatic rings. The number of rotatable bonds is 5. The molecule has 4 nitrogen and oxygen atoms in total. The fourth-order valence-corrected chi connectivity index (χ4v) is 1.99. The first-order valence-electron chi connectivity index (χ1n) is 5.12. The first kappa shape index (κ1) is 19.3. The van der Waals surface area contributed by atoms with Gasteiger partial charge in [0.1, 0.15) is 0 Å². The molecule has 0 amide bonds. The Kier molecular flexibility index (Phi) is 4.55. The SMILES string of the molecule is O=S(=O)(Oc1cccnc1)C(F)(F)C(F)(F)C(F)(F)C(F)(F)F. The smallest absolute Gasteiger partial charge is 0.376 e. The standard InChI is InChI=1S/C9H4F9NO3S/c10-6(11,8(14,15)16)7(12,13)9(17,18)23(20,21)22-5-2-1-3-19-4-5/h1-4H. The monoisotopic (exact) mass is 377 g/mol. The van der Waals surface area contributed by atoms with E-state index in [0.29, 0.717) is 12.3 Å². The first-order valence-corrected chi connectivity index (χ1v) is 6.53. The molecule has 1 heterocycles. The van der Waals surface area contributed by atoms with Gasteiger partial charge in [-0.2, -0.15) is 47.9 Å². The number of aromatic nitrogens is 1. The molecule has 0 radical (unpaired) electrons. The fraction of sp³-hybridized carbons (Fsp3) is 0.444. The minimum absolute atomic E-state index is 0.424. The van der Waals surface area contributed by atoms with Crippen molar-refractivity contribution in [2.24, 2.45) is 0 Å². The summed E-state index contributed by atoms with van der Waals surface area (Å²) in [6.07, 6.45) is -5.73. The summed E-state index contributed by atoms with van der Waals surface area (Å²) in [5, 5.41) is -6.89. The number of alkyl halides is 9. The van der Waals surface area contributed by atoms with Crippen LogP contribution in [0.2, 0.25) is 0 Å². The molecule has 0 N–H and O–H groups in total. The van der Waals surface area contributed by atoms with E-state index < -0.39 is 39.1 Å². The van der Waals surface area contributed by atoms with E-state index in [0.717, 1.165) is 12.3 Å². The predicted molar refractivity (Wildman–Crippen MR) is 54.7 cm³/mol. The predicted octanol–water partition coefficient (Wildman–Crippen LogP) is 3.22. The molecule has 0 aliphatic heterocycles. The van der Waals surface area contributed by atoms with E-state index in [4.69, 9.17) is 0 Å². The third kappa shape index (κ3) is 3.03. The van der Waals surface area contributed by atoms with Gasteiger partial charge >= 0.3 is 33.4 Å². The van der Waals surface area contributed by atoms with Crippen LogP contribution in [-0.2, 0) is 10.1 Å². The lowest BCUT2D eigenvalue weighted by Crippen LogP contribution is -2.63. The highest BCUT2D eigenvalue weighted by Crippen LogP contribution is 2.54. The van der Waals surface area contributed by atoms with Crippen molar-refractivity contribution in [2.45, 2.75) is 23.3 Å². The molecule has 0 bridgehead atoms. The lowest BCUT2D eigenvalue weighted by Gasteiger charge is -2.32. The Hall–Kier alpha value is -1.73. The number of halogens is 9. The van der Waals surface area contributed by atoms with Gasteiger partial charge in [0.05, 0.1) is 6.20 Å². The Bertz CT molecular complexity index is 657. The molecule has 0 saturated heterocycles. The van der Waals surface area contributed by atoms with Gasteiger partial charge in [-0.1, -0.05) is 0 Å². The number of hydrogen-bond donors (Lipinski definition) is 0. The van der Waals surface area contributed by atoms with Crippen molar-refractivity contribution in [1.82, 2.24) is 4.98 Å². The molecule has 0 aliphatic carbocycles. The fourth-order valence-electron chi connectivity index (χ4n) is 1.09. The van der Waals surface area contributed by atoms with Gasteiger partial charge in [0.15, 0.2) is 5.75 Å². The minimum Gasteiger partial charge on any atom is -0.376 e. The molecular formula is C9H4F9NO3S. The summed E-state index contributed by atoms with van der Waals surface area (Å²) >= 11 is 0. The maximum absolute atomic E-state index is 13.2. The van der Waals surface area contributed by atoms with Gasteiger partial charge in [-0.25, -0.2) is 0 Å². The van der Waals surface area contributed by atoms with E-state index in [1.54, 1.807) is 0 Å². The van der Waals surface area contributed by atoms with Crippen LogP contribution in [0.1, 0.15) is 0 Å². The zero-order valence-electron chi connectivity index (χ0n) is 10.3. The molecule has 0 aliphatic rings. The molecule has 0 atom stereocenters. The van der Waals surface area contributed by atoms with Crippen LogP contribution >= 0.6 is 0 Å². The third-order valence-electron chi connectivity index (χ3n) is 2.27. The summed E-state index contributed by atoms with van der Waals surface area (Å²) in [5.74, 6) is -15.8. The van der Waals surface area contributed by atoms with Crippen LogP contribution < -0.4 is 4.18 Å². The van der Waals surface area contributed by atoms with Crippen molar-refractivity contribution in [3.05, 3.63) is 24.5 Å².